The van der Waals surface area contributed by atoms with Crippen molar-refractivity contribution >= 4 is 28.4 Å². The van der Waals surface area contributed by atoms with Crippen molar-refractivity contribution in [1.82, 2.24) is 10.3 Å². The minimum Gasteiger partial charge on any atom is -0.350 e. The van der Waals surface area contributed by atoms with E-state index in [-0.39, 0.29) is 11.9 Å². The number of hydrogen-bond acceptors (Lipinski definition) is 1. The quantitative estimate of drug-likeness (QED) is 0.818. The third-order valence-corrected chi connectivity index (χ3v) is 5.06. The van der Waals surface area contributed by atoms with Gasteiger partial charge in [-0.3, -0.25) is 4.79 Å². The molecule has 2 aromatic rings. The van der Waals surface area contributed by atoms with E-state index >= 15 is 0 Å². The van der Waals surface area contributed by atoms with E-state index < -0.39 is 0 Å². The zero-order valence-electron chi connectivity index (χ0n) is 13.4. The molecule has 4 heteroatoms. The van der Waals surface area contributed by atoms with Gasteiger partial charge in [0.05, 0.1) is 5.02 Å². The normalized spacial score (nSPS) is 18.5. The number of carbonyl (C=O) groups is 1. The summed E-state index contributed by atoms with van der Waals surface area (Å²) in [6, 6.07) is 6.06. The van der Waals surface area contributed by atoms with Gasteiger partial charge in [0.1, 0.15) is 5.69 Å². The van der Waals surface area contributed by atoms with Crippen molar-refractivity contribution in [3.05, 3.63) is 34.5 Å². The van der Waals surface area contributed by atoms with Crippen molar-refractivity contribution in [3.63, 3.8) is 0 Å². The Balaban J connectivity index is 1.74. The molecule has 1 saturated carbocycles. The highest BCUT2D eigenvalue weighted by Crippen LogP contribution is 2.35. The van der Waals surface area contributed by atoms with E-state index in [4.69, 9.17) is 11.6 Å². The van der Waals surface area contributed by atoms with Gasteiger partial charge >= 0.3 is 0 Å². The monoisotopic (exact) mass is 318 g/mol. The second-order valence-corrected chi connectivity index (χ2v) is 7.71. The lowest BCUT2D eigenvalue weighted by molar-refractivity contribution is 0.0905. The Bertz CT molecular complexity index is 707. The van der Waals surface area contributed by atoms with Crippen LogP contribution in [-0.2, 0) is 0 Å². The fourth-order valence-corrected chi connectivity index (χ4v) is 3.59. The molecule has 1 fully saturated rings. The SMILES string of the molecule is Cc1cc(Cl)c2cc(C(=O)NC3CCC(C)(C)CC3)[nH]c2c1. The number of rotatable bonds is 2. The van der Waals surface area contributed by atoms with Gasteiger partial charge in [-0.1, -0.05) is 25.4 Å². The number of aromatic nitrogens is 1. The Kier molecular flexibility index (Phi) is 3.94. The largest absolute Gasteiger partial charge is 0.350 e. The molecule has 0 aliphatic heterocycles. The second-order valence-electron chi connectivity index (χ2n) is 7.30. The van der Waals surface area contributed by atoms with E-state index in [1.165, 1.54) is 0 Å². The molecule has 0 radical (unpaired) electrons. The number of fused-ring (bicyclic) bond motifs is 1. The molecule has 2 N–H and O–H groups in total. The molecule has 1 amide bonds. The maximum absolute atomic E-state index is 12.5. The Hall–Kier alpha value is -1.48. The van der Waals surface area contributed by atoms with Crippen LogP contribution in [0.2, 0.25) is 5.02 Å². The first-order valence-electron chi connectivity index (χ1n) is 7.94. The Morgan fingerprint density at radius 1 is 1.27 bits per heavy atom. The van der Waals surface area contributed by atoms with Gasteiger partial charge in [0.25, 0.3) is 5.91 Å². The summed E-state index contributed by atoms with van der Waals surface area (Å²) in [6.45, 7) is 6.59. The molecular formula is C18H23ClN2O. The van der Waals surface area contributed by atoms with E-state index in [1.54, 1.807) is 0 Å². The molecular weight excluding hydrogens is 296 g/mol. The average molecular weight is 319 g/mol. The molecule has 0 saturated heterocycles. The van der Waals surface area contributed by atoms with Gasteiger partial charge in [0.15, 0.2) is 0 Å². The maximum Gasteiger partial charge on any atom is 0.267 e. The van der Waals surface area contributed by atoms with Crippen molar-refractivity contribution in [1.29, 1.82) is 0 Å². The summed E-state index contributed by atoms with van der Waals surface area (Å²) in [4.78, 5) is 15.6. The van der Waals surface area contributed by atoms with Crippen LogP contribution in [0.4, 0.5) is 0 Å². The molecule has 3 nitrogen and oxygen atoms in total. The Morgan fingerprint density at radius 3 is 2.64 bits per heavy atom. The Morgan fingerprint density at radius 2 is 1.95 bits per heavy atom. The lowest BCUT2D eigenvalue weighted by Gasteiger charge is -2.34. The summed E-state index contributed by atoms with van der Waals surface area (Å²) in [5.74, 6) is -0.0328. The number of aromatic amines is 1. The van der Waals surface area contributed by atoms with Crippen LogP contribution in [0.15, 0.2) is 18.2 Å². The molecule has 1 aromatic heterocycles. The third kappa shape index (κ3) is 3.14. The zero-order chi connectivity index (χ0) is 15.9. The lowest BCUT2D eigenvalue weighted by Crippen LogP contribution is -2.39. The summed E-state index contributed by atoms with van der Waals surface area (Å²) >= 11 is 6.25. The highest BCUT2D eigenvalue weighted by Gasteiger charge is 2.28. The van der Waals surface area contributed by atoms with E-state index in [1.807, 2.05) is 25.1 Å². The third-order valence-electron chi connectivity index (χ3n) is 4.75. The molecule has 0 atom stereocenters. The standard InChI is InChI=1S/C18H23ClN2O/c1-11-8-14(19)13-10-16(21-15(13)9-11)17(22)20-12-4-6-18(2,3)7-5-12/h8-10,12,21H,4-7H2,1-3H3,(H,20,22). The van der Waals surface area contributed by atoms with Gasteiger partial charge in [0, 0.05) is 16.9 Å². The summed E-state index contributed by atoms with van der Waals surface area (Å²) in [6.07, 6.45) is 4.43. The number of hydrogen-bond donors (Lipinski definition) is 2. The maximum atomic E-state index is 12.5. The number of nitrogens with one attached hydrogen (secondary N) is 2. The number of aryl methyl sites for hydroxylation is 1. The minimum absolute atomic E-state index is 0.0328. The molecule has 0 unspecified atom stereocenters. The van der Waals surface area contributed by atoms with Crippen LogP contribution in [0.25, 0.3) is 10.9 Å². The number of halogens is 1. The van der Waals surface area contributed by atoms with Crippen LogP contribution in [0.1, 0.15) is 55.6 Å². The fraction of sp³-hybridized carbons (Fsp3) is 0.500. The van der Waals surface area contributed by atoms with E-state index in [9.17, 15) is 4.79 Å². The number of amides is 1. The van der Waals surface area contributed by atoms with Crippen LogP contribution in [0, 0.1) is 12.3 Å². The average Bonchev–Trinajstić information content (AvgIpc) is 2.85. The first-order valence-corrected chi connectivity index (χ1v) is 8.32. The predicted molar refractivity (Wildman–Crippen MR) is 91.5 cm³/mol. The van der Waals surface area contributed by atoms with Crippen LogP contribution in [0.5, 0.6) is 0 Å². The van der Waals surface area contributed by atoms with E-state index in [0.717, 1.165) is 42.1 Å². The highest BCUT2D eigenvalue weighted by atomic mass is 35.5. The number of benzene rings is 1. The first kappa shape index (κ1) is 15.4. The Labute approximate surface area is 136 Å². The summed E-state index contributed by atoms with van der Waals surface area (Å²) < 4.78 is 0. The first-order chi connectivity index (χ1) is 10.3. The molecule has 1 aliphatic rings. The van der Waals surface area contributed by atoms with Crippen molar-refractivity contribution < 1.29 is 4.79 Å². The molecule has 3 rings (SSSR count). The lowest BCUT2D eigenvalue weighted by atomic mass is 9.75. The zero-order valence-corrected chi connectivity index (χ0v) is 14.2. The molecule has 0 spiro atoms. The molecule has 22 heavy (non-hydrogen) atoms. The molecule has 118 valence electrons. The van der Waals surface area contributed by atoms with Gasteiger partial charge in [-0.2, -0.15) is 0 Å². The van der Waals surface area contributed by atoms with Crippen LogP contribution >= 0.6 is 11.6 Å². The summed E-state index contributed by atoms with van der Waals surface area (Å²) in [7, 11) is 0. The summed E-state index contributed by atoms with van der Waals surface area (Å²) in [5.41, 5.74) is 3.00. The van der Waals surface area contributed by atoms with Crippen molar-refractivity contribution in [2.45, 2.75) is 52.5 Å². The van der Waals surface area contributed by atoms with Crippen molar-refractivity contribution in [3.8, 4) is 0 Å². The molecule has 1 heterocycles. The summed E-state index contributed by atoms with van der Waals surface area (Å²) in [5, 5.41) is 4.74. The van der Waals surface area contributed by atoms with E-state index in [2.05, 4.69) is 24.1 Å². The van der Waals surface area contributed by atoms with Crippen LogP contribution in [0.3, 0.4) is 0 Å². The smallest absolute Gasteiger partial charge is 0.267 e. The minimum atomic E-state index is -0.0328. The molecule has 0 bridgehead atoms. The highest BCUT2D eigenvalue weighted by molar-refractivity contribution is 6.35. The topological polar surface area (TPSA) is 44.9 Å². The van der Waals surface area contributed by atoms with Gasteiger partial charge in [-0.15, -0.1) is 0 Å². The predicted octanol–water partition coefficient (Wildman–Crippen LogP) is 4.83. The van der Waals surface area contributed by atoms with Crippen LogP contribution < -0.4 is 5.32 Å². The number of H-pyrrole nitrogens is 1. The van der Waals surface area contributed by atoms with Crippen LogP contribution in [-0.4, -0.2) is 16.9 Å². The van der Waals surface area contributed by atoms with Crippen molar-refractivity contribution in [2.75, 3.05) is 0 Å². The number of carbonyl (C=O) groups excluding carboxylic acids is 1. The molecule has 1 aromatic carbocycles. The van der Waals surface area contributed by atoms with E-state index in [0.29, 0.717) is 16.1 Å². The second kappa shape index (κ2) is 5.62. The van der Waals surface area contributed by atoms with Crippen molar-refractivity contribution in [2.24, 2.45) is 5.41 Å². The molecule has 1 aliphatic carbocycles. The van der Waals surface area contributed by atoms with Gasteiger partial charge in [0.2, 0.25) is 0 Å². The van der Waals surface area contributed by atoms with Gasteiger partial charge in [-0.05, 0) is 61.8 Å². The van der Waals surface area contributed by atoms with Gasteiger partial charge < -0.3 is 10.3 Å². The van der Waals surface area contributed by atoms with Gasteiger partial charge in [-0.25, -0.2) is 0 Å². The fourth-order valence-electron chi connectivity index (χ4n) is 3.26.